The largest absolute Gasteiger partial charge is 0.0622 e. The van der Waals surface area contributed by atoms with E-state index in [1.165, 1.54) is 99.5 Å². The summed E-state index contributed by atoms with van der Waals surface area (Å²) >= 11 is 0. The average Bonchev–Trinajstić information content (AvgIpc) is 3.34. The highest BCUT2D eigenvalue weighted by atomic mass is 14.2. The van der Waals surface area contributed by atoms with E-state index < -0.39 is 0 Å². The van der Waals surface area contributed by atoms with Gasteiger partial charge in [-0.2, -0.15) is 0 Å². The van der Waals surface area contributed by atoms with Gasteiger partial charge < -0.3 is 0 Å². The van der Waals surface area contributed by atoms with Crippen LogP contribution in [0.3, 0.4) is 0 Å². The minimum absolute atomic E-state index is 0.0890. The Morgan fingerprint density at radius 3 is 0.864 bits per heavy atom. The minimum Gasteiger partial charge on any atom is -0.0622 e. The van der Waals surface area contributed by atoms with Crippen LogP contribution < -0.4 is 0 Å². The monoisotopic (exact) mass is 850 g/mol. The zero-order valence-electron chi connectivity index (χ0n) is 39.1. The Labute approximate surface area is 392 Å². The third-order valence-corrected chi connectivity index (χ3v) is 12.8. The Balaban J connectivity index is 1.12. The van der Waals surface area contributed by atoms with Crippen molar-refractivity contribution in [1.29, 1.82) is 0 Å². The molecule has 0 aliphatic carbocycles. The Morgan fingerprint density at radius 1 is 0.273 bits per heavy atom. The van der Waals surface area contributed by atoms with Crippen molar-refractivity contribution < 1.29 is 0 Å². The molecule has 0 aromatic heterocycles. The molecule has 9 aromatic rings. The molecule has 0 radical (unpaired) electrons. The third-order valence-electron chi connectivity index (χ3n) is 12.8. The van der Waals surface area contributed by atoms with Crippen molar-refractivity contribution in [2.24, 2.45) is 0 Å². The van der Waals surface area contributed by atoms with Crippen LogP contribution in [0.5, 0.6) is 0 Å². The Bertz CT molecular complexity index is 2970. The first-order valence-electron chi connectivity index (χ1n) is 23.2. The molecule has 0 N–H and O–H groups in total. The smallest absolute Gasteiger partial charge is 0.00987 e. The van der Waals surface area contributed by atoms with E-state index in [4.69, 9.17) is 0 Å². The highest BCUT2D eigenvalue weighted by Gasteiger charge is 2.17. The maximum Gasteiger partial charge on any atom is -0.00987 e. The first-order valence-corrected chi connectivity index (χ1v) is 23.2. The molecule has 0 bridgehead atoms. The maximum atomic E-state index is 2.35. The van der Waals surface area contributed by atoms with Crippen molar-refractivity contribution in [3.8, 4) is 0 Å². The van der Waals surface area contributed by atoms with Crippen molar-refractivity contribution in [3.05, 3.63) is 273 Å². The van der Waals surface area contributed by atoms with Gasteiger partial charge >= 0.3 is 0 Å². The molecule has 322 valence electrons. The van der Waals surface area contributed by atoms with Gasteiger partial charge in [0.05, 0.1) is 0 Å². The van der Waals surface area contributed by atoms with Gasteiger partial charge in [-0.1, -0.05) is 272 Å². The van der Waals surface area contributed by atoms with Crippen LogP contribution in [0.1, 0.15) is 108 Å². The van der Waals surface area contributed by atoms with Crippen LogP contribution in [0.4, 0.5) is 0 Å². The predicted octanol–water partition coefficient (Wildman–Crippen LogP) is 18.1. The molecule has 0 amide bonds. The normalized spacial score (nSPS) is 12.8. The van der Waals surface area contributed by atoms with Gasteiger partial charge in [-0.05, 0) is 122 Å². The fourth-order valence-electron chi connectivity index (χ4n) is 9.00. The molecule has 0 aliphatic rings. The molecule has 0 spiro atoms. The van der Waals surface area contributed by atoms with E-state index in [0.717, 1.165) is 0 Å². The summed E-state index contributed by atoms with van der Waals surface area (Å²) in [5.74, 6) is 0. The second-order valence-corrected chi connectivity index (χ2v) is 19.3. The lowest BCUT2D eigenvalue weighted by molar-refractivity contribution is 0.590. The van der Waals surface area contributed by atoms with Crippen LogP contribution in [-0.4, -0.2) is 0 Å². The molecule has 0 nitrogen and oxygen atoms in total. The summed E-state index contributed by atoms with van der Waals surface area (Å²) in [6, 6.07) is 74.9. The minimum atomic E-state index is 0.0890. The molecule has 0 unspecified atom stereocenters. The third kappa shape index (κ3) is 9.61. The standard InChI is InChI=1S/C66H58/c1-65(2,3)55-39-33-51(34-40-55)63(49-23-9-7-10-24-49)45-53-27-15-13-21-47(53)37-43-61-57-29-17-19-31-59(57)62(60-32-20-18-30-58(60)61)44-38-48-22-14-16-28-54(48)46-64(50-25-11-8-12-26-50)52-35-41-56(42-36-52)66(4,5)6/h7-46H,1-6H3. The maximum absolute atomic E-state index is 2.35. The first kappa shape index (κ1) is 43.7. The van der Waals surface area contributed by atoms with Crippen LogP contribution in [0.15, 0.2) is 206 Å². The molecule has 0 aliphatic heterocycles. The molecular formula is C66H58. The van der Waals surface area contributed by atoms with E-state index >= 15 is 0 Å². The number of fused-ring (bicyclic) bond motifs is 2. The highest BCUT2D eigenvalue weighted by molar-refractivity contribution is 6.14. The molecule has 0 fully saturated rings. The lowest BCUT2D eigenvalue weighted by Gasteiger charge is -2.20. The van der Waals surface area contributed by atoms with Gasteiger partial charge in [0.1, 0.15) is 0 Å². The molecule has 0 saturated carbocycles. The first-order chi connectivity index (χ1) is 32.0. The lowest BCUT2D eigenvalue weighted by atomic mass is 9.85. The van der Waals surface area contributed by atoms with Crippen molar-refractivity contribution in [2.75, 3.05) is 0 Å². The van der Waals surface area contributed by atoms with Gasteiger partial charge in [-0.3, -0.25) is 0 Å². The summed E-state index contributed by atoms with van der Waals surface area (Å²) < 4.78 is 0. The van der Waals surface area contributed by atoms with Gasteiger partial charge in [-0.25, -0.2) is 0 Å². The van der Waals surface area contributed by atoms with E-state index in [0.29, 0.717) is 0 Å². The van der Waals surface area contributed by atoms with E-state index in [9.17, 15) is 0 Å². The van der Waals surface area contributed by atoms with Crippen LogP contribution in [0.2, 0.25) is 0 Å². The molecule has 9 aromatic carbocycles. The van der Waals surface area contributed by atoms with E-state index in [-0.39, 0.29) is 10.8 Å². The van der Waals surface area contributed by atoms with Crippen molar-refractivity contribution >= 4 is 69.1 Å². The van der Waals surface area contributed by atoms with Crippen LogP contribution >= 0.6 is 0 Å². The van der Waals surface area contributed by atoms with Crippen molar-refractivity contribution in [2.45, 2.75) is 52.4 Å². The zero-order chi connectivity index (χ0) is 45.7. The van der Waals surface area contributed by atoms with E-state index in [2.05, 4.69) is 284 Å². The van der Waals surface area contributed by atoms with Gasteiger partial charge in [0.25, 0.3) is 0 Å². The average molecular weight is 851 g/mol. The Hall–Kier alpha value is -7.54. The molecule has 0 atom stereocenters. The highest BCUT2D eigenvalue weighted by Crippen LogP contribution is 2.37. The number of hydrogen-bond donors (Lipinski definition) is 0. The SMILES string of the molecule is CC(C)(C)c1ccc(C(=Cc2ccccc2C=Cc2c3ccccc3c(C=Cc3ccccc3C=C(c3ccccc3)c3ccc(C(C)(C)C)cc3)c3ccccc23)c2ccccc2)cc1. The fraction of sp³-hybridized carbons (Fsp3) is 0.121. The summed E-state index contributed by atoms with van der Waals surface area (Å²) in [4.78, 5) is 0. The molecule has 9 rings (SSSR count). The van der Waals surface area contributed by atoms with Gasteiger partial charge in [0.2, 0.25) is 0 Å². The predicted molar refractivity (Wildman–Crippen MR) is 289 cm³/mol. The summed E-state index contributed by atoms with van der Waals surface area (Å²) in [7, 11) is 0. The number of hydrogen-bond acceptors (Lipinski definition) is 0. The number of rotatable bonds is 10. The van der Waals surface area contributed by atoms with Gasteiger partial charge in [-0.15, -0.1) is 0 Å². The summed E-state index contributed by atoms with van der Waals surface area (Å²) in [5.41, 5.74) is 17.1. The fourth-order valence-corrected chi connectivity index (χ4v) is 9.00. The van der Waals surface area contributed by atoms with Crippen LogP contribution in [-0.2, 0) is 10.8 Å². The topological polar surface area (TPSA) is 0 Å². The quantitative estimate of drug-likeness (QED) is 0.0950. The second-order valence-electron chi connectivity index (χ2n) is 19.3. The molecule has 0 heteroatoms. The zero-order valence-corrected chi connectivity index (χ0v) is 39.1. The Morgan fingerprint density at radius 2 is 0.545 bits per heavy atom. The van der Waals surface area contributed by atoms with Crippen molar-refractivity contribution in [1.82, 2.24) is 0 Å². The summed E-state index contributed by atoms with van der Waals surface area (Å²) in [5, 5.41) is 4.90. The molecular weight excluding hydrogens is 793 g/mol. The summed E-state index contributed by atoms with van der Waals surface area (Å²) in [6.45, 7) is 13.6. The Kier molecular flexibility index (Phi) is 12.5. The summed E-state index contributed by atoms with van der Waals surface area (Å²) in [6.07, 6.45) is 13.9. The lowest BCUT2D eigenvalue weighted by Crippen LogP contribution is -2.10. The van der Waals surface area contributed by atoms with E-state index in [1.807, 2.05) is 0 Å². The molecule has 0 saturated heterocycles. The van der Waals surface area contributed by atoms with Crippen molar-refractivity contribution in [3.63, 3.8) is 0 Å². The molecule has 0 heterocycles. The number of benzene rings is 9. The van der Waals surface area contributed by atoms with Gasteiger partial charge in [0, 0.05) is 0 Å². The van der Waals surface area contributed by atoms with Gasteiger partial charge in [0.15, 0.2) is 0 Å². The second kappa shape index (κ2) is 18.9. The van der Waals surface area contributed by atoms with E-state index in [1.54, 1.807) is 0 Å². The van der Waals surface area contributed by atoms with Crippen LogP contribution in [0.25, 0.3) is 69.1 Å². The molecule has 66 heavy (non-hydrogen) atoms. The van der Waals surface area contributed by atoms with Crippen LogP contribution in [0, 0.1) is 0 Å².